The Kier molecular flexibility index (Phi) is 4.79. The van der Waals surface area contributed by atoms with Crippen molar-refractivity contribution in [1.29, 1.82) is 0 Å². The molecule has 2 N–H and O–H groups in total. The molecule has 1 aromatic heterocycles. The monoisotopic (exact) mass is 275 g/mol. The number of benzene rings is 1. The summed E-state index contributed by atoms with van der Waals surface area (Å²) in [6, 6.07) is 7.81. The van der Waals surface area contributed by atoms with E-state index in [4.69, 9.17) is 4.42 Å². The van der Waals surface area contributed by atoms with Crippen LogP contribution < -0.4 is 5.32 Å². The van der Waals surface area contributed by atoms with Crippen molar-refractivity contribution in [2.75, 3.05) is 0 Å². The zero-order chi connectivity index (χ0) is 14.5. The molecule has 1 atom stereocenters. The van der Waals surface area contributed by atoms with Crippen molar-refractivity contribution < 1.29 is 14.3 Å². The molecule has 0 saturated heterocycles. The number of para-hydroxylation sites is 1. The van der Waals surface area contributed by atoms with Gasteiger partial charge in [-0.2, -0.15) is 0 Å². The molecule has 0 aliphatic rings. The maximum atomic E-state index is 11.3. The minimum absolute atomic E-state index is 0.0430. The molecule has 0 spiro atoms. The summed E-state index contributed by atoms with van der Waals surface area (Å²) in [6.07, 6.45) is 3.43. The second-order valence-corrected chi connectivity index (χ2v) is 5.14. The van der Waals surface area contributed by atoms with Crippen LogP contribution in [0.4, 0.5) is 0 Å². The van der Waals surface area contributed by atoms with Crippen molar-refractivity contribution in [2.45, 2.75) is 45.7 Å². The average Bonchev–Trinajstić information content (AvgIpc) is 2.82. The Hall–Kier alpha value is -1.81. The fraction of sp³-hybridized carbons (Fsp3) is 0.438. The van der Waals surface area contributed by atoms with Crippen LogP contribution in [-0.4, -0.2) is 17.1 Å². The number of furan rings is 1. The third kappa shape index (κ3) is 3.20. The first-order valence-electron chi connectivity index (χ1n) is 7.10. The number of fused-ring (bicyclic) bond motifs is 1. The van der Waals surface area contributed by atoms with Crippen LogP contribution in [-0.2, 0) is 6.54 Å². The van der Waals surface area contributed by atoms with Crippen LogP contribution in [0.15, 0.2) is 28.7 Å². The van der Waals surface area contributed by atoms with Gasteiger partial charge in [0.1, 0.15) is 5.58 Å². The molecule has 108 valence electrons. The van der Waals surface area contributed by atoms with Gasteiger partial charge in [-0.25, -0.2) is 4.79 Å². The Labute approximate surface area is 118 Å². The van der Waals surface area contributed by atoms with Gasteiger partial charge in [0.15, 0.2) is 0 Å². The predicted octanol–water partition coefficient (Wildman–Crippen LogP) is 3.80. The second-order valence-electron chi connectivity index (χ2n) is 5.14. The van der Waals surface area contributed by atoms with Gasteiger partial charge in [0.25, 0.3) is 0 Å². The van der Waals surface area contributed by atoms with Gasteiger partial charge in [0.2, 0.25) is 5.76 Å². The Balaban J connectivity index is 2.19. The largest absolute Gasteiger partial charge is 0.475 e. The highest BCUT2D eigenvalue weighted by atomic mass is 16.4. The number of hydrogen-bond acceptors (Lipinski definition) is 3. The second kappa shape index (κ2) is 6.57. The standard InChI is InChI=1S/C16H21NO3/c1-3-4-7-11(2)17-10-13-12-8-5-6-9-14(12)20-15(13)16(18)19/h5-6,8-9,11,17H,3-4,7,10H2,1-2H3,(H,18,19). The van der Waals surface area contributed by atoms with Gasteiger partial charge in [-0.05, 0) is 19.4 Å². The van der Waals surface area contributed by atoms with E-state index in [2.05, 4.69) is 19.2 Å². The van der Waals surface area contributed by atoms with Gasteiger partial charge in [0, 0.05) is 23.5 Å². The van der Waals surface area contributed by atoms with E-state index in [0.717, 1.165) is 17.4 Å². The lowest BCUT2D eigenvalue weighted by Gasteiger charge is -2.12. The number of aromatic carboxylic acids is 1. The molecule has 0 aliphatic carbocycles. The van der Waals surface area contributed by atoms with Crippen molar-refractivity contribution in [2.24, 2.45) is 0 Å². The Morgan fingerprint density at radius 3 is 2.85 bits per heavy atom. The van der Waals surface area contributed by atoms with Crippen LogP contribution in [0.1, 0.15) is 49.2 Å². The summed E-state index contributed by atoms with van der Waals surface area (Å²) in [6.45, 7) is 4.81. The lowest BCUT2D eigenvalue weighted by Crippen LogP contribution is -2.25. The van der Waals surface area contributed by atoms with Gasteiger partial charge < -0.3 is 14.8 Å². The molecule has 0 fully saturated rings. The van der Waals surface area contributed by atoms with E-state index in [1.54, 1.807) is 6.07 Å². The number of unbranched alkanes of at least 4 members (excludes halogenated alkanes) is 1. The highest BCUT2D eigenvalue weighted by Crippen LogP contribution is 2.26. The molecule has 0 saturated carbocycles. The summed E-state index contributed by atoms with van der Waals surface area (Å²) in [5.41, 5.74) is 1.36. The van der Waals surface area contributed by atoms with Gasteiger partial charge in [-0.1, -0.05) is 38.0 Å². The van der Waals surface area contributed by atoms with E-state index in [9.17, 15) is 9.90 Å². The molecule has 0 aliphatic heterocycles. The van der Waals surface area contributed by atoms with E-state index in [0.29, 0.717) is 18.2 Å². The lowest BCUT2D eigenvalue weighted by atomic mass is 10.1. The molecule has 1 unspecified atom stereocenters. The summed E-state index contributed by atoms with van der Waals surface area (Å²) >= 11 is 0. The number of rotatable bonds is 7. The maximum absolute atomic E-state index is 11.3. The first-order chi connectivity index (χ1) is 9.63. The quantitative estimate of drug-likeness (QED) is 0.806. The number of carbonyl (C=O) groups is 1. The molecular weight excluding hydrogens is 254 g/mol. The van der Waals surface area contributed by atoms with Crippen molar-refractivity contribution in [3.63, 3.8) is 0 Å². The zero-order valence-electron chi connectivity index (χ0n) is 12.0. The van der Waals surface area contributed by atoms with Gasteiger partial charge in [-0.15, -0.1) is 0 Å². The summed E-state index contributed by atoms with van der Waals surface area (Å²) in [4.78, 5) is 11.3. The summed E-state index contributed by atoms with van der Waals surface area (Å²) in [5.74, 6) is -0.972. The maximum Gasteiger partial charge on any atom is 0.372 e. The van der Waals surface area contributed by atoms with Crippen molar-refractivity contribution in [3.8, 4) is 0 Å². The summed E-state index contributed by atoms with van der Waals surface area (Å²) < 4.78 is 5.43. The number of carboxylic acids is 1. The molecule has 20 heavy (non-hydrogen) atoms. The van der Waals surface area contributed by atoms with Crippen molar-refractivity contribution in [1.82, 2.24) is 5.32 Å². The van der Waals surface area contributed by atoms with E-state index < -0.39 is 5.97 Å². The first kappa shape index (κ1) is 14.6. The highest BCUT2D eigenvalue weighted by molar-refractivity contribution is 5.95. The van der Waals surface area contributed by atoms with Crippen LogP contribution in [0.5, 0.6) is 0 Å². The lowest BCUT2D eigenvalue weighted by molar-refractivity contribution is 0.0663. The molecular formula is C16H21NO3. The fourth-order valence-corrected chi connectivity index (χ4v) is 2.34. The molecule has 0 amide bonds. The Bertz CT molecular complexity index is 588. The number of nitrogens with one attached hydrogen (secondary N) is 1. The van der Waals surface area contributed by atoms with Crippen molar-refractivity contribution >= 4 is 16.9 Å². The Morgan fingerprint density at radius 1 is 1.40 bits per heavy atom. The zero-order valence-corrected chi connectivity index (χ0v) is 12.0. The molecule has 4 nitrogen and oxygen atoms in total. The predicted molar refractivity (Wildman–Crippen MR) is 79.0 cm³/mol. The molecule has 0 radical (unpaired) electrons. The molecule has 1 aromatic carbocycles. The van der Waals surface area contributed by atoms with Crippen LogP contribution in [0.2, 0.25) is 0 Å². The molecule has 2 aromatic rings. The van der Waals surface area contributed by atoms with Gasteiger partial charge in [-0.3, -0.25) is 0 Å². The fourth-order valence-electron chi connectivity index (χ4n) is 2.34. The highest BCUT2D eigenvalue weighted by Gasteiger charge is 2.19. The summed E-state index contributed by atoms with van der Waals surface area (Å²) in [5, 5.41) is 13.5. The van der Waals surface area contributed by atoms with Gasteiger partial charge in [0.05, 0.1) is 0 Å². The summed E-state index contributed by atoms with van der Waals surface area (Å²) in [7, 11) is 0. The topological polar surface area (TPSA) is 62.5 Å². The van der Waals surface area contributed by atoms with Crippen LogP contribution >= 0.6 is 0 Å². The van der Waals surface area contributed by atoms with E-state index in [1.165, 1.54) is 12.8 Å². The minimum atomic E-state index is -1.01. The first-order valence-corrected chi connectivity index (χ1v) is 7.10. The molecule has 2 rings (SSSR count). The van der Waals surface area contributed by atoms with Gasteiger partial charge >= 0.3 is 5.97 Å². The van der Waals surface area contributed by atoms with E-state index >= 15 is 0 Å². The Morgan fingerprint density at radius 2 is 2.15 bits per heavy atom. The molecule has 4 heteroatoms. The number of hydrogen-bond donors (Lipinski definition) is 2. The molecule has 0 bridgehead atoms. The van der Waals surface area contributed by atoms with Crippen LogP contribution in [0.3, 0.4) is 0 Å². The average molecular weight is 275 g/mol. The van der Waals surface area contributed by atoms with E-state index in [-0.39, 0.29) is 5.76 Å². The third-order valence-corrected chi connectivity index (χ3v) is 3.51. The van der Waals surface area contributed by atoms with Crippen LogP contribution in [0.25, 0.3) is 11.0 Å². The van der Waals surface area contributed by atoms with Crippen LogP contribution in [0, 0.1) is 0 Å². The minimum Gasteiger partial charge on any atom is -0.475 e. The molecule has 1 heterocycles. The smallest absolute Gasteiger partial charge is 0.372 e. The van der Waals surface area contributed by atoms with Crippen molar-refractivity contribution in [3.05, 3.63) is 35.6 Å². The third-order valence-electron chi connectivity index (χ3n) is 3.51. The normalized spacial score (nSPS) is 12.7. The SMILES string of the molecule is CCCCC(C)NCc1c(C(=O)O)oc2ccccc12. The van der Waals surface area contributed by atoms with E-state index in [1.807, 2.05) is 18.2 Å². The number of carboxylic acid groups (broad SMARTS) is 1.